The normalized spacial score (nSPS) is 20.3. The fourth-order valence-corrected chi connectivity index (χ4v) is 5.08. The largest absolute Gasteiger partial charge is 0.318 e. The van der Waals surface area contributed by atoms with Crippen LogP contribution in [-0.2, 0) is 6.54 Å². The summed E-state index contributed by atoms with van der Waals surface area (Å²) in [6.07, 6.45) is 7.15. The topological polar surface area (TPSA) is 11.4 Å². The average Bonchev–Trinajstić information content (AvgIpc) is 2.97. The Balaban J connectivity index is 1.40. The molecule has 1 aromatic heterocycles. The van der Waals surface area contributed by atoms with Crippen LogP contribution in [0.15, 0.2) is 30.3 Å². The molecule has 2 aromatic rings. The molecule has 1 saturated carbocycles. The van der Waals surface area contributed by atoms with Crippen molar-refractivity contribution < 1.29 is 0 Å². The number of aryl methyl sites for hydroxylation is 1. The molecular formula is C23H32ClN3. The molecule has 146 valence electrons. The molecule has 1 aromatic carbocycles. The first-order valence-corrected chi connectivity index (χ1v) is 10.9. The van der Waals surface area contributed by atoms with Crippen LogP contribution >= 0.6 is 11.6 Å². The fourth-order valence-electron chi connectivity index (χ4n) is 4.95. The maximum Gasteiger partial charge on any atom is 0.0456 e. The van der Waals surface area contributed by atoms with Gasteiger partial charge < -0.3 is 4.57 Å². The molecule has 27 heavy (non-hydrogen) atoms. The monoisotopic (exact) mass is 385 g/mol. The third-order valence-corrected chi connectivity index (χ3v) is 6.76. The number of halogens is 1. The minimum absolute atomic E-state index is 0.789. The second-order valence-electron chi connectivity index (χ2n) is 8.31. The van der Waals surface area contributed by atoms with Crippen LogP contribution in [-0.4, -0.2) is 46.6 Å². The van der Waals surface area contributed by atoms with Crippen LogP contribution in [0.25, 0.3) is 5.69 Å². The van der Waals surface area contributed by atoms with Crippen LogP contribution < -0.4 is 0 Å². The van der Waals surface area contributed by atoms with Crippen LogP contribution in [0.5, 0.6) is 0 Å². The number of hydrogen-bond acceptors (Lipinski definition) is 2. The van der Waals surface area contributed by atoms with Gasteiger partial charge in [-0.1, -0.05) is 30.9 Å². The number of benzene rings is 1. The maximum atomic E-state index is 6.06. The molecule has 0 bridgehead atoms. The van der Waals surface area contributed by atoms with Gasteiger partial charge in [0.2, 0.25) is 0 Å². The molecule has 0 atom stereocenters. The van der Waals surface area contributed by atoms with Crippen molar-refractivity contribution in [2.75, 3.05) is 26.2 Å². The summed E-state index contributed by atoms with van der Waals surface area (Å²) < 4.78 is 2.35. The Bertz CT molecular complexity index is 751. The van der Waals surface area contributed by atoms with Crippen LogP contribution in [0, 0.1) is 13.8 Å². The van der Waals surface area contributed by atoms with Crippen molar-refractivity contribution >= 4 is 11.6 Å². The first-order valence-electron chi connectivity index (χ1n) is 10.5. The minimum atomic E-state index is 0.789. The molecule has 2 aliphatic rings. The Kier molecular flexibility index (Phi) is 5.91. The Morgan fingerprint density at radius 3 is 2.26 bits per heavy atom. The first-order chi connectivity index (χ1) is 13.1. The van der Waals surface area contributed by atoms with E-state index in [0.29, 0.717) is 0 Å². The van der Waals surface area contributed by atoms with E-state index in [1.165, 1.54) is 80.9 Å². The van der Waals surface area contributed by atoms with Crippen LogP contribution in [0.1, 0.15) is 49.1 Å². The van der Waals surface area contributed by atoms with E-state index in [2.05, 4.69) is 46.4 Å². The number of aromatic nitrogens is 1. The standard InChI is InChI=1S/C23H32ClN3/c1-18-16-20(19(2)27(18)23-10-8-21(24)9-11-23)17-25-12-14-26(15-13-25)22-6-4-3-5-7-22/h8-11,16,22H,3-7,12-15,17H2,1-2H3. The smallest absolute Gasteiger partial charge is 0.0456 e. The third kappa shape index (κ3) is 4.26. The Morgan fingerprint density at radius 2 is 1.59 bits per heavy atom. The highest BCUT2D eigenvalue weighted by molar-refractivity contribution is 6.30. The van der Waals surface area contributed by atoms with E-state index >= 15 is 0 Å². The van der Waals surface area contributed by atoms with E-state index in [9.17, 15) is 0 Å². The van der Waals surface area contributed by atoms with E-state index in [0.717, 1.165) is 17.6 Å². The van der Waals surface area contributed by atoms with Gasteiger partial charge in [-0.25, -0.2) is 0 Å². The van der Waals surface area contributed by atoms with Crippen molar-refractivity contribution in [2.24, 2.45) is 0 Å². The zero-order valence-corrected chi connectivity index (χ0v) is 17.5. The summed E-state index contributed by atoms with van der Waals surface area (Å²) in [5.41, 5.74) is 5.30. The van der Waals surface area contributed by atoms with Gasteiger partial charge in [0.15, 0.2) is 0 Å². The Morgan fingerprint density at radius 1 is 0.926 bits per heavy atom. The molecule has 4 heteroatoms. The van der Waals surface area contributed by atoms with E-state index < -0.39 is 0 Å². The average molecular weight is 386 g/mol. The molecule has 2 heterocycles. The molecule has 0 amide bonds. The van der Waals surface area contributed by atoms with Crippen molar-refractivity contribution in [3.05, 3.63) is 52.3 Å². The molecule has 1 aliphatic carbocycles. The lowest BCUT2D eigenvalue weighted by atomic mass is 9.94. The summed E-state index contributed by atoms with van der Waals surface area (Å²) in [4.78, 5) is 5.39. The SMILES string of the molecule is Cc1cc(CN2CCN(C3CCCCC3)CC2)c(C)n1-c1ccc(Cl)cc1. The van der Waals surface area contributed by atoms with Gasteiger partial charge in [-0.3, -0.25) is 9.80 Å². The van der Waals surface area contributed by atoms with Crippen molar-refractivity contribution in [2.45, 2.75) is 58.5 Å². The van der Waals surface area contributed by atoms with Gasteiger partial charge in [0.25, 0.3) is 0 Å². The summed E-state index contributed by atoms with van der Waals surface area (Å²) in [5.74, 6) is 0. The zero-order valence-electron chi connectivity index (χ0n) is 16.8. The lowest BCUT2D eigenvalue weighted by Gasteiger charge is -2.40. The van der Waals surface area contributed by atoms with Gasteiger partial charge in [0.05, 0.1) is 0 Å². The highest BCUT2D eigenvalue weighted by Gasteiger charge is 2.25. The summed E-state index contributed by atoms with van der Waals surface area (Å²) in [6, 6.07) is 11.4. The second kappa shape index (κ2) is 8.38. The lowest BCUT2D eigenvalue weighted by Crippen LogP contribution is -2.50. The predicted molar refractivity (Wildman–Crippen MR) is 114 cm³/mol. The summed E-state index contributed by atoms with van der Waals surface area (Å²) in [7, 11) is 0. The maximum absolute atomic E-state index is 6.06. The van der Waals surface area contributed by atoms with Gasteiger partial charge >= 0.3 is 0 Å². The summed E-state index contributed by atoms with van der Waals surface area (Å²) in [5, 5.41) is 0.789. The summed E-state index contributed by atoms with van der Waals surface area (Å²) in [6.45, 7) is 10.4. The van der Waals surface area contributed by atoms with Gasteiger partial charge in [0, 0.05) is 60.9 Å². The lowest BCUT2D eigenvalue weighted by molar-refractivity contribution is 0.0754. The molecule has 3 nitrogen and oxygen atoms in total. The number of hydrogen-bond donors (Lipinski definition) is 0. The number of nitrogens with zero attached hydrogens (tertiary/aromatic N) is 3. The highest BCUT2D eigenvalue weighted by Crippen LogP contribution is 2.26. The van der Waals surface area contributed by atoms with Gasteiger partial charge in [0.1, 0.15) is 0 Å². The molecule has 0 spiro atoms. The number of rotatable bonds is 4. The fraction of sp³-hybridized carbons (Fsp3) is 0.565. The molecule has 4 rings (SSSR count). The molecule has 0 radical (unpaired) electrons. The molecule has 2 fully saturated rings. The molecule has 0 N–H and O–H groups in total. The quantitative estimate of drug-likeness (QED) is 0.716. The Labute approximate surface area is 168 Å². The van der Waals surface area contributed by atoms with Crippen molar-refractivity contribution in [3.63, 3.8) is 0 Å². The number of piperazine rings is 1. The molecule has 1 saturated heterocycles. The third-order valence-electron chi connectivity index (χ3n) is 6.51. The Hall–Kier alpha value is -1.29. The second-order valence-corrected chi connectivity index (χ2v) is 8.75. The van der Waals surface area contributed by atoms with Gasteiger partial charge in [-0.15, -0.1) is 0 Å². The predicted octanol–water partition coefficient (Wildman–Crippen LogP) is 5.20. The molecule has 0 unspecified atom stereocenters. The van der Waals surface area contributed by atoms with Crippen molar-refractivity contribution in [3.8, 4) is 5.69 Å². The van der Waals surface area contributed by atoms with Crippen LogP contribution in [0.4, 0.5) is 0 Å². The van der Waals surface area contributed by atoms with E-state index in [-0.39, 0.29) is 0 Å². The summed E-state index contributed by atoms with van der Waals surface area (Å²) >= 11 is 6.06. The minimum Gasteiger partial charge on any atom is -0.318 e. The molecular weight excluding hydrogens is 354 g/mol. The van der Waals surface area contributed by atoms with Gasteiger partial charge in [-0.05, 0) is 62.6 Å². The highest BCUT2D eigenvalue weighted by atomic mass is 35.5. The zero-order chi connectivity index (χ0) is 18.8. The van der Waals surface area contributed by atoms with Gasteiger partial charge in [-0.2, -0.15) is 0 Å². The molecule has 1 aliphatic heterocycles. The van der Waals surface area contributed by atoms with E-state index in [1.54, 1.807) is 0 Å². The van der Waals surface area contributed by atoms with E-state index in [1.807, 2.05) is 12.1 Å². The van der Waals surface area contributed by atoms with Crippen LogP contribution in [0.3, 0.4) is 0 Å². The van der Waals surface area contributed by atoms with Crippen LogP contribution in [0.2, 0.25) is 5.02 Å². The van der Waals surface area contributed by atoms with E-state index in [4.69, 9.17) is 11.6 Å². The first kappa shape index (κ1) is 19.0. The van der Waals surface area contributed by atoms with Crippen molar-refractivity contribution in [1.82, 2.24) is 14.4 Å². The van der Waals surface area contributed by atoms with Crippen molar-refractivity contribution in [1.29, 1.82) is 0 Å².